The van der Waals surface area contributed by atoms with Crippen molar-refractivity contribution >= 4 is 6.20 Å². The highest BCUT2D eigenvalue weighted by Gasteiger charge is 2.07. The van der Waals surface area contributed by atoms with Crippen LogP contribution >= 0.6 is 0 Å². The highest BCUT2D eigenvalue weighted by Crippen LogP contribution is 1.87. The lowest BCUT2D eigenvalue weighted by atomic mass is 10.4. The Balaban J connectivity index is 2.58. The summed E-state index contributed by atoms with van der Waals surface area (Å²) in [6.45, 7) is 2.15. The monoisotopic (exact) mass is 183 g/mol. The summed E-state index contributed by atoms with van der Waals surface area (Å²) in [6.07, 6.45) is 8.71. The molecule has 1 unspecified atom stereocenters. The first-order valence-corrected chi connectivity index (χ1v) is 4.24. The van der Waals surface area contributed by atoms with Crippen LogP contribution in [0.3, 0.4) is 0 Å². The third-order valence-corrected chi connectivity index (χ3v) is 1.67. The van der Waals surface area contributed by atoms with E-state index in [1.165, 1.54) is 0 Å². The number of aliphatic hydroxyl groups excluding tert-OH is 2. The molecule has 0 amide bonds. The van der Waals surface area contributed by atoms with Gasteiger partial charge in [-0.25, -0.2) is 9.13 Å². The summed E-state index contributed by atoms with van der Waals surface area (Å²) in [4.78, 5) is 0. The van der Waals surface area contributed by atoms with Crippen LogP contribution < -0.4 is 4.57 Å². The summed E-state index contributed by atoms with van der Waals surface area (Å²) in [5.74, 6) is 0. The zero-order valence-corrected chi connectivity index (χ0v) is 7.67. The van der Waals surface area contributed by atoms with Crippen LogP contribution in [0.2, 0.25) is 0 Å². The number of allylic oxidation sites excluding steroid dienone is 1. The maximum Gasteiger partial charge on any atom is 0.248 e. The summed E-state index contributed by atoms with van der Waals surface area (Å²) in [7, 11) is 0. The molecule has 1 atom stereocenters. The SMILES string of the molecule is CC=Cn1cc[n+](CC(O)CO)c1. The van der Waals surface area contributed by atoms with Crippen LogP contribution in [0.25, 0.3) is 6.20 Å². The van der Waals surface area contributed by atoms with Crippen LogP contribution in [-0.2, 0) is 6.54 Å². The largest absolute Gasteiger partial charge is 0.394 e. The highest BCUT2D eigenvalue weighted by molar-refractivity contribution is 5.18. The predicted molar refractivity (Wildman–Crippen MR) is 48.7 cm³/mol. The number of hydrogen-bond acceptors (Lipinski definition) is 2. The second-order valence-corrected chi connectivity index (χ2v) is 2.88. The van der Waals surface area contributed by atoms with Crippen molar-refractivity contribution in [3.05, 3.63) is 24.8 Å². The summed E-state index contributed by atoms with van der Waals surface area (Å²) >= 11 is 0. The topological polar surface area (TPSA) is 49.3 Å². The van der Waals surface area contributed by atoms with E-state index >= 15 is 0 Å². The van der Waals surface area contributed by atoms with E-state index in [1.807, 2.05) is 47.1 Å². The Morgan fingerprint density at radius 2 is 2.38 bits per heavy atom. The van der Waals surface area contributed by atoms with Gasteiger partial charge in [-0.3, -0.25) is 0 Å². The minimum atomic E-state index is -0.688. The molecule has 1 rings (SSSR count). The third-order valence-electron chi connectivity index (χ3n) is 1.67. The number of hydrogen-bond donors (Lipinski definition) is 2. The van der Waals surface area contributed by atoms with Crippen molar-refractivity contribution in [1.29, 1.82) is 0 Å². The summed E-state index contributed by atoms with van der Waals surface area (Å²) in [5, 5.41) is 17.8. The predicted octanol–water partition coefficient (Wildman–Crippen LogP) is -0.381. The smallest absolute Gasteiger partial charge is 0.248 e. The van der Waals surface area contributed by atoms with Gasteiger partial charge in [0.2, 0.25) is 6.33 Å². The molecule has 2 N–H and O–H groups in total. The number of aromatic nitrogens is 2. The fourth-order valence-corrected chi connectivity index (χ4v) is 1.08. The van der Waals surface area contributed by atoms with E-state index in [4.69, 9.17) is 10.2 Å². The summed E-state index contributed by atoms with van der Waals surface area (Å²) in [6, 6.07) is 0. The number of nitrogens with zero attached hydrogens (tertiary/aromatic N) is 2. The first kappa shape index (κ1) is 9.95. The molecule has 0 saturated heterocycles. The van der Waals surface area contributed by atoms with Gasteiger partial charge in [-0.1, -0.05) is 0 Å². The molecule has 0 aliphatic rings. The molecule has 1 heterocycles. The second-order valence-electron chi connectivity index (χ2n) is 2.88. The Kier molecular flexibility index (Phi) is 3.67. The van der Waals surface area contributed by atoms with Crippen molar-refractivity contribution in [2.75, 3.05) is 6.61 Å². The van der Waals surface area contributed by atoms with E-state index in [0.29, 0.717) is 6.54 Å². The molecule has 0 saturated carbocycles. The van der Waals surface area contributed by atoms with Crippen molar-refractivity contribution in [1.82, 2.24) is 4.57 Å². The minimum absolute atomic E-state index is 0.207. The van der Waals surface area contributed by atoms with E-state index < -0.39 is 6.10 Å². The van der Waals surface area contributed by atoms with E-state index in [-0.39, 0.29) is 6.61 Å². The standard InChI is InChI=1S/C9H15N2O2/c1-2-3-10-4-5-11(8-10)6-9(13)7-12/h2-5,8-9,12-13H,6-7H2,1H3/q+1. The van der Waals surface area contributed by atoms with Crippen molar-refractivity contribution in [3.8, 4) is 0 Å². The number of imidazole rings is 1. The maximum atomic E-state index is 9.15. The molecule has 72 valence electrons. The maximum absolute atomic E-state index is 9.15. The van der Waals surface area contributed by atoms with Gasteiger partial charge >= 0.3 is 0 Å². The third kappa shape index (κ3) is 3.01. The van der Waals surface area contributed by atoms with Crippen LogP contribution in [0.15, 0.2) is 24.8 Å². The lowest BCUT2D eigenvalue weighted by Gasteiger charge is -2.01. The summed E-state index contributed by atoms with van der Waals surface area (Å²) in [5.41, 5.74) is 0. The molecular weight excluding hydrogens is 168 g/mol. The van der Waals surface area contributed by atoms with Crippen molar-refractivity contribution in [2.24, 2.45) is 0 Å². The van der Waals surface area contributed by atoms with Crippen LogP contribution in [-0.4, -0.2) is 27.5 Å². The molecule has 0 fully saturated rings. The molecule has 0 aliphatic heterocycles. The summed E-state index contributed by atoms with van der Waals surface area (Å²) < 4.78 is 3.70. The molecule has 1 aromatic rings. The van der Waals surface area contributed by atoms with Gasteiger partial charge in [0.25, 0.3) is 0 Å². The molecule has 0 aromatic carbocycles. The fraction of sp³-hybridized carbons (Fsp3) is 0.444. The lowest BCUT2D eigenvalue weighted by Crippen LogP contribution is -2.39. The molecule has 1 aromatic heterocycles. The second kappa shape index (κ2) is 4.79. The van der Waals surface area contributed by atoms with Crippen LogP contribution in [0.4, 0.5) is 0 Å². The highest BCUT2D eigenvalue weighted by atomic mass is 16.3. The minimum Gasteiger partial charge on any atom is -0.394 e. The van der Waals surface area contributed by atoms with Gasteiger partial charge < -0.3 is 10.2 Å². The van der Waals surface area contributed by atoms with Crippen molar-refractivity contribution in [3.63, 3.8) is 0 Å². The fourth-order valence-electron chi connectivity index (χ4n) is 1.08. The molecule has 13 heavy (non-hydrogen) atoms. The Bertz CT molecular complexity index is 281. The quantitative estimate of drug-likeness (QED) is 0.625. The van der Waals surface area contributed by atoms with E-state index in [0.717, 1.165) is 0 Å². The Labute approximate surface area is 77.4 Å². The first-order valence-electron chi connectivity index (χ1n) is 4.24. The number of rotatable bonds is 4. The van der Waals surface area contributed by atoms with E-state index in [2.05, 4.69) is 0 Å². The molecular formula is C9H15N2O2+. The van der Waals surface area contributed by atoms with Gasteiger partial charge in [0.1, 0.15) is 25.0 Å². The molecule has 4 heteroatoms. The van der Waals surface area contributed by atoms with E-state index in [9.17, 15) is 0 Å². The van der Waals surface area contributed by atoms with Gasteiger partial charge in [0.15, 0.2) is 0 Å². The van der Waals surface area contributed by atoms with Crippen LogP contribution in [0, 0.1) is 0 Å². The molecule has 4 nitrogen and oxygen atoms in total. The first-order chi connectivity index (χ1) is 6.26. The van der Waals surface area contributed by atoms with Gasteiger partial charge in [-0.2, -0.15) is 0 Å². The average Bonchev–Trinajstić information content (AvgIpc) is 2.53. The van der Waals surface area contributed by atoms with Gasteiger partial charge in [0.05, 0.1) is 12.8 Å². The number of aliphatic hydroxyl groups is 2. The molecule has 0 aliphatic carbocycles. The van der Waals surface area contributed by atoms with Crippen LogP contribution in [0.1, 0.15) is 6.92 Å². The lowest BCUT2D eigenvalue weighted by molar-refractivity contribution is -0.703. The van der Waals surface area contributed by atoms with E-state index in [1.54, 1.807) is 0 Å². The zero-order chi connectivity index (χ0) is 9.68. The Hall–Kier alpha value is -1.13. The molecule has 0 radical (unpaired) electrons. The van der Waals surface area contributed by atoms with Crippen molar-refractivity contribution in [2.45, 2.75) is 19.6 Å². The Morgan fingerprint density at radius 3 is 3.00 bits per heavy atom. The zero-order valence-electron chi connectivity index (χ0n) is 7.67. The normalized spacial score (nSPS) is 13.8. The molecule has 0 spiro atoms. The van der Waals surface area contributed by atoms with Crippen molar-refractivity contribution < 1.29 is 14.8 Å². The van der Waals surface area contributed by atoms with Gasteiger partial charge in [-0.15, -0.1) is 0 Å². The van der Waals surface area contributed by atoms with Gasteiger partial charge in [-0.05, 0) is 13.0 Å². The molecule has 0 bridgehead atoms. The van der Waals surface area contributed by atoms with Gasteiger partial charge in [0, 0.05) is 0 Å². The van der Waals surface area contributed by atoms with Crippen LogP contribution in [0.5, 0.6) is 0 Å². The average molecular weight is 183 g/mol. The Morgan fingerprint density at radius 1 is 1.62 bits per heavy atom.